The summed E-state index contributed by atoms with van der Waals surface area (Å²) in [6, 6.07) is -0.890. The van der Waals surface area contributed by atoms with Gasteiger partial charge in [-0.1, -0.05) is 0 Å². The molecule has 2 N–H and O–H groups in total. The number of rotatable bonds is 6. The number of methoxy groups -OCH3 is 1. The minimum atomic E-state index is -1.06. The van der Waals surface area contributed by atoms with E-state index in [1.54, 1.807) is 0 Å². The molecule has 0 saturated heterocycles. The SMILES string of the molecule is COc1ncnc(NC(C(=O)O)C2CC2)c1[N+](=O)[O-]. The first-order chi connectivity index (χ1) is 9.04. The molecule has 0 bridgehead atoms. The van der Waals surface area contributed by atoms with Crippen molar-refractivity contribution < 1.29 is 19.6 Å². The predicted molar refractivity (Wildman–Crippen MR) is 63.0 cm³/mol. The van der Waals surface area contributed by atoms with Crippen molar-refractivity contribution in [2.75, 3.05) is 12.4 Å². The summed E-state index contributed by atoms with van der Waals surface area (Å²) in [5, 5.41) is 22.7. The molecular formula is C10H12N4O5. The van der Waals surface area contributed by atoms with Crippen molar-refractivity contribution in [3.05, 3.63) is 16.4 Å². The molecule has 1 heterocycles. The number of nitrogens with zero attached hydrogens (tertiary/aromatic N) is 3. The van der Waals surface area contributed by atoms with E-state index >= 15 is 0 Å². The molecule has 9 nitrogen and oxygen atoms in total. The Kier molecular flexibility index (Phi) is 3.45. The number of anilines is 1. The van der Waals surface area contributed by atoms with Crippen molar-refractivity contribution in [3.8, 4) is 5.88 Å². The van der Waals surface area contributed by atoms with Gasteiger partial charge >= 0.3 is 11.7 Å². The zero-order valence-corrected chi connectivity index (χ0v) is 10.1. The van der Waals surface area contributed by atoms with E-state index in [4.69, 9.17) is 9.84 Å². The number of hydrogen-bond acceptors (Lipinski definition) is 7. The third-order valence-corrected chi connectivity index (χ3v) is 2.82. The fourth-order valence-corrected chi connectivity index (χ4v) is 1.74. The van der Waals surface area contributed by atoms with Crippen LogP contribution in [0.5, 0.6) is 5.88 Å². The van der Waals surface area contributed by atoms with Gasteiger partial charge in [0.15, 0.2) is 0 Å². The number of carbonyl (C=O) groups is 1. The Balaban J connectivity index is 2.33. The molecule has 1 unspecified atom stereocenters. The second-order valence-corrected chi connectivity index (χ2v) is 4.13. The Morgan fingerprint density at radius 2 is 2.32 bits per heavy atom. The number of nitro groups is 1. The zero-order chi connectivity index (χ0) is 14.0. The van der Waals surface area contributed by atoms with Gasteiger partial charge in [0, 0.05) is 0 Å². The fraction of sp³-hybridized carbons (Fsp3) is 0.500. The number of ether oxygens (including phenoxy) is 1. The second kappa shape index (κ2) is 5.04. The van der Waals surface area contributed by atoms with Gasteiger partial charge in [-0.2, -0.15) is 4.98 Å². The number of aliphatic carboxylic acids is 1. The molecule has 9 heteroatoms. The van der Waals surface area contributed by atoms with Crippen molar-refractivity contribution >= 4 is 17.5 Å². The van der Waals surface area contributed by atoms with Crippen LogP contribution in [0.15, 0.2) is 6.33 Å². The second-order valence-electron chi connectivity index (χ2n) is 4.13. The first kappa shape index (κ1) is 13.0. The summed E-state index contributed by atoms with van der Waals surface area (Å²) in [6.07, 6.45) is 2.64. The van der Waals surface area contributed by atoms with Crippen LogP contribution in [-0.4, -0.2) is 39.1 Å². The molecular weight excluding hydrogens is 256 g/mol. The van der Waals surface area contributed by atoms with Gasteiger partial charge in [-0.05, 0) is 18.8 Å². The summed E-state index contributed by atoms with van der Waals surface area (Å²) in [5.41, 5.74) is -0.461. The van der Waals surface area contributed by atoms with Crippen LogP contribution in [0.1, 0.15) is 12.8 Å². The molecule has 1 aliphatic rings. The average molecular weight is 268 g/mol. The molecule has 102 valence electrons. The number of carboxylic acids is 1. The van der Waals surface area contributed by atoms with Gasteiger partial charge in [-0.15, -0.1) is 0 Å². The topological polar surface area (TPSA) is 127 Å². The standard InChI is InChI=1S/C10H12N4O5/c1-19-9-7(14(17)18)8(11-4-12-9)13-6(10(15)16)5-2-3-5/h4-6H,2-3H2,1H3,(H,15,16)(H,11,12,13). The Labute approximate surface area is 107 Å². The van der Waals surface area contributed by atoms with Gasteiger partial charge in [0.1, 0.15) is 12.4 Å². The smallest absolute Gasteiger partial charge is 0.372 e. The molecule has 0 radical (unpaired) electrons. The third-order valence-electron chi connectivity index (χ3n) is 2.82. The van der Waals surface area contributed by atoms with Gasteiger partial charge in [0.05, 0.1) is 12.0 Å². The molecule has 2 rings (SSSR count). The van der Waals surface area contributed by atoms with E-state index in [0.29, 0.717) is 0 Å². The third kappa shape index (κ3) is 2.69. The first-order valence-electron chi connectivity index (χ1n) is 5.57. The predicted octanol–water partition coefficient (Wildman–Crippen LogP) is 0.668. The Hall–Kier alpha value is -2.45. The molecule has 1 saturated carbocycles. The van der Waals surface area contributed by atoms with Crippen LogP contribution in [0.4, 0.5) is 11.5 Å². The van der Waals surface area contributed by atoms with E-state index in [2.05, 4.69) is 15.3 Å². The molecule has 1 aromatic heterocycles. The van der Waals surface area contributed by atoms with E-state index in [1.165, 1.54) is 7.11 Å². The van der Waals surface area contributed by atoms with Gasteiger partial charge in [0.2, 0.25) is 5.82 Å². The van der Waals surface area contributed by atoms with Gasteiger partial charge in [-0.25, -0.2) is 9.78 Å². The molecule has 1 aliphatic carbocycles. The summed E-state index contributed by atoms with van der Waals surface area (Å²) in [7, 11) is 1.24. The van der Waals surface area contributed by atoms with Crippen LogP contribution in [0.2, 0.25) is 0 Å². The maximum atomic E-state index is 11.1. The highest BCUT2D eigenvalue weighted by Crippen LogP contribution is 2.37. The highest BCUT2D eigenvalue weighted by Gasteiger charge is 2.38. The van der Waals surface area contributed by atoms with Crippen molar-refractivity contribution in [1.29, 1.82) is 0 Å². The van der Waals surface area contributed by atoms with E-state index in [1.807, 2.05) is 0 Å². The van der Waals surface area contributed by atoms with Crippen molar-refractivity contribution in [3.63, 3.8) is 0 Å². The molecule has 0 amide bonds. The lowest BCUT2D eigenvalue weighted by Gasteiger charge is -2.14. The molecule has 1 aromatic rings. The normalized spacial score (nSPS) is 15.6. The minimum absolute atomic E-state index is 0.0296. The van der Waals surface area contributed by atoms with E-state index in [9.17, 15) is 14.9 Å². The van der Waals surface area contributed by atoms with Gasteiger partial charge < -0.3 is 15.2 Å². The molecule has 19 heavy (non-hydrogen) atoms. The molecule has 0 spiro atoms. The molecule has 1 fully saturated rings. The fourth-order valence-electron chi connectivity index (χ4n) is 1.74. The van der Waals surface area contributed by atoms with E-state index < -0.39 is 22.6 Å². The lowest BCUT2D eigenvalue weighted by atomic mass is 10.2. The quantitative estimate of drug-likeness (QED) is 0.569. The van der Waals surface area contributed by atoms with Crippen LogP contribution in [-0.2, 0) is 4.79 Å². The van der Waals surface area contributed by atoms with E-state index in [0.717, 1.165) is 19.2 Å². The van der Waals surface area contributed by atoms with Crippen LogP contribution in [0.25, 0.3) is 0 Å². The summed E-state index contributed by atoms with van der Waals surface area (Å²) >= 11 is 0. The Bertz CT molecular complexity index is 517. The monoisotopic (exact) mass is 268 g/mol. The van der Waals surface area contributed by atoms with E-state index in [-0.39, 0.29) is 17.6 Å². The summed E-state index contributed by atoms with van der Waals surface area (Å²) < 4.78 is 4.79. The number of aromatic nitrogens is 2. The van der Waals surface area contributed by atoms with Crippen LogP contribution >= 0.6 is 0 Å². The number of carboxylic acid groups (broad SMARTS) is 1. The Morgan fingerprint density at radius 1 is 1.63 bits per heavy atom. The molecule has 1 atom stereocenters. The van der Waals surface area contributed by atoms with Gasteiger partial charge in [0.25, 0.3) is 5.88 Å². The largest absolute Gasteiger partial charge is 0.480 e. The first-order valence-corrected chi connectivity index (χ1v) is 5.57. The maximum absolute atomic E-state index is 11.1. The van der Waals surface area contributed by atoms with Gasteiger partial charge in [-0.3, -0.25) is 10.1 Å². The van der Waals surface area contributed by atoms with Crippen LogP contribution < -0.4 is 10.1 Å². The maximum Gasteiger partial charge on any atom is 0.372 e. The van der Waals surface area contributed by atoms with Crippen LogP contribution in [0.3, 0.4) is 0 Å². The number of hydrogen-bond donors (Lipinski definition) is 2. The Morgan fingerprint density at radius 3 is 2.79 bits per heavy atom. The van der Waals surface area contributed by atoms with Crippen molar-refractivity contribution in [2.24, 2.45) is 5.92 Å². The summed E-state index contributed by atoms with van der Waals surface area (Å²) in [4.78, 5) is 28.8. The average Bonchev–Trinajstić information content (AvgIpc) is 3.18. The molecule has 0 aliphatic heterocycles. The minimum Gasteiger partial charge on any atom is -0.480 e. The summed E-state index contributed by atoms with van der Waals surface area (Å²) in [5.74, 6) is -1.44. The lowest BCUT2D eigenvalue weighted by Crippen LogP contribution is -2.32. The number of nitrogens with one attached hydrogen (secondary N) is 1. The zero-order valence-electron chi connectivity index (χ0n) is 10.1. The lowest BCUT2D eigenvalue weighted by molar-refractivity contribution is -0.385. The highest BCUT2D eigenvalue weighted by atomic mass is 16.6. The van der Waals surface area contributed by atoms with Crippen molar-refractivity contribution in [1.82, 2.24) is 9.97 Å². The summed E-state index contributed by atoms with van der Waals surface area (Å²) in [6.45, 7) is 0. The highest BCUT2D eigenvalue weighted by molar-refractivity contribution is 5.79. The van der Waals surface area contributed by atoms with Crippen molar-refractivity contribution in [2.45, 2.75) is 18.9 Å². The van der Waals surface area contributed by atoms with Crippen LogP contribution in [0, 0.1) is 16.0 Å². The molecule has 0 aromatic carbocycles.